The first-order valence-corrected chi connectivity index (χ1v) is 9.65. The van der Waals surface area contributed by atoms with Crippen molar-refractivity contribution in [1.82, 2.24) is 24.7 Å². The van der Waals surface area contributed by atoms with Gasteiger partial charge in [0.2, 0.25) is 0 Å². The fourth-order valence-electron chi connectivity index (χ4n) is 3.07. The molecule has 30 heavy (non-hydrogen) atoms. The summed E-state index contributed by atoms with van der Waals surface area (Å²) in [5.74, 6) is -4.25. The Morgan fingerprint density at radius 3 is 2.50 bits per heavy atom. The van der Waals surface area contributed by atoms with Crippen LogP contribution in [0.4, 0.5) is 13.2 Å². The zero-order chi connectivity index (χ0) is 21.2. The van der Waals surface area contributed by atoms with Gasteiger partial charge in [-0.25, -0.2) is 37.4 Å². The lowest BCUT2D eigenvalue weighted by molar-refractivity contribution is -0.0125. The molecule has 1 aromatic carbocycles. The predicted octanol–water partition coefficient (Wildman–Crippen LogP) is 1.47. The van der Waals surface area contributed by atoms with Gasteiger partial charge in [-0.3, -0.25) is 4.52 Å². The molecule has 2 aromatic heterocycles. The van der Waals surface area contributed by atoms with Crippen molar-refractivity contribution in [2.45, 2.75) is 25.0 Å². The predicted molar refractivity (Wildman–Crippen MR) is 95.2 cm³/mol. The largest absolute Gasteiger partial charge is 0.470 e. The van der Waals surface area contributed by atoms with Crippen molar-refractivity contribution in [3.05, 3.63) is 72.1 Å². The van der Waals surface area contributed by atoms with E-state index in [9.17, 15) is 27.5 Å². The van der Waals surface area contributed by atoms with Gasteiger partial charge in [0.25, 0.3) is 0 Å². The van der Waals surface area contributed by atoms with Gasteiger partial charge in [0.05, 0.1) is 18.4 Å². The highest BCUT2D eigenvalue weighted by Gasteiger charge is 2.49. The zero-order valence-electron chi connectivity index (χ0n) is 15.4. The fourth-order valence-corrected chi connectivity index (χ4v) is 3.81. The van der Waals surface area contributed by atoms with Crippen molar-refractivity contribution < 1.29 is 37.5 Å². The van der Waals surface area contributed by atoms with Crippen LogP contribution in [-0.4, -0.2) is 40.0 Å². The summed E-state index contributed by atoms with van der Waals surface area (Å²) < 4.78 is 60.7. The van der Waals surface area contributed by atoms with Crippen LogP contribution in [0.15, 0.2) is 43.4 Å². The highest BCUT2D eigenvalue weighted by molar-refractivity contribution is 7.46. The molecule has 0 aliphatic rings. The third-order valence-electron chi connectivity index (χ3n) is 4.34. The fraction of sp³-hybridized carbons (Fsp3) is 0.250. The molecule has 0 saturated heterocycles. The molecule has 4 N–H and O–H groups in total. The third kappa shape index (κ3) is 4.89. The third-order valence-corrected chi connectivity index (χ3v) is 4.90. The zero-order valence-corrected chi connectivity index (χ0v) is 16.2. The minimum Gasteiger partial charge on any atom is -0.412 e. The summed E-state index contributed by atoms with van der Waals surface area (Å²) in [6, 6.07) is 2.38. The molecule has 0 bridgehead atoms. The van der Waals surface area contributed by atoms with Gasteiger partial charge in [-0.15, -0.1) is 0 Å². The lowest BCUT2D eigenvalue weighted by Crippen LogP contribution is -2.41. The summed E-state index contributed by atoms with van der Waals surface area (Å²) in [4.78, 5) is 30.2. The van der Waals surface area contributed by atoms with Crippen molar-refractivity contribution in [2.24, 2.45) is 0 Å². The average molecular weight is 447 g/mol. The van der Waals surface area contributed by atoms with E-state index >= 15 is 0 Å². The number of hydrogen-bond acceptors (Lipinski definition) is 6. The molecule has 0 spiro atoms. The van der Waals surface area contributed by atoms with Gasteiger partial charge < -0.3 is 15.3 Å². The van der Waals surface area contributed by atoms with Gasteiger partial charge in [0.1, 0.15) is 36.2 Å². The molecule has 162 valence electrons. The summed E-state index contributed by atoms with van der Waals surface area (Å²) >= 11 is 0. The van der Waals surface area contributed by atoms with E-state index in [0.29, 0.717) is 6.07 Å². The molecule has 0 amide bonds. The van der Waals surface area contributed by atoms with E-state index in [1.54, 1.807) is 0 Å². The van der Waals surface area contributed by atoms with Crippen molar-refractivity contribution in [3.8, 4) is 0 Å². The summed E-state index contributed by atoms with van der Waals surface area (Å²) in [6.45, 7) is 0.839. The molecule has 0 fully saturated rings. The molecule has 0 aliphatic carbocycles. The standard InChI is InChI=1S/C16H15F3N5O4P.H2O/c1-10(15-14(19)5-20-7-22-15)16(28-29(25,26)27,6-24-9-21-8-23-24)12-3-2-11(17)4-13(12)18;/h2-5,7-10H,6H2,1H3,(H2,25,26,27);1H2/t10-,16+;/m0./s1. The van der Waals surface area contributed by atoms with Crippen LogP contribution in [0, 0.1) is 17.5 Å². The van der Waals surface area contributed by atoms with Crippen molar-refractivity contribution in [3.63, 3.8) is 0 Å². The van der Waals surface area contributed by atoms with E-state index in [4.69, 9.17) is 4.52 Å². The first-order valence-electron chi connectivity index (χ1n) is 8.12. The van der Waals surface area contributed by atoms with E-state index in [1.807, 2.05) is 0 Å². The number of benzene rings is 1. The lowest BCUT2D eigenvalue weighted by Gasteiger charge is -2.38. The maximum absolute atomic E-state index is 14.8. The van der Waals surface area contributed by atoms with Crippen LogP contribution in [0.2, 0.25) is 0 Å². The number of aromatic nitrogens is 5. The summed E-state index contributed by atoms with van der Waals surface area (Å²) in [6.07, 6.45) is 4.20. The number of rotatable bonds is 7. The topological polar surface area (TPSA) is 155 Å². The Morgan fingerprint density at radius 2 is 1.93 bits per heavy atom. The molecule has 0 unspecified atom stereocenters. The number of phosphoric acid groups is 1. The van der Waals surface area contributed by atoms with Crippen LogP contribution in [0.1, 0.15) is 24.1 Å². The van der Waals surface area contributed by atoms with Gasteiger partial charge in [-0.05, 0) is 6.07 Å². The van der Waals surface area contributed by atoms with E-state index in [-0.39, 0.29) is 11.2 Å². The van der Waals surface area contributed by atoms with Gasteiger partial charge >= 0.3 is 7.82 Å². The van der Waals surface area contributed by atoms with E-state index in [1.165, 1.54) is 13.3 Å². The number of halogens is 3. The molecule has 14 heteroatoms. The Hall–Kier alpha value is -2.70. The monoisotopic (exact) mass is 447 g/mol. The van der Waals surface area contributed by atoms with Crippen LogP contribution in [0.3, 0.4) is 0 Å². The van der Waals surface area contributed by atoms with Crippen molar-refractivity contribution in [2.75, 3.05) is 0 Å². The summed E-state index contributed by atoms with van der Waals surface area (Å²) in [5.41, 5.74) is -2.96. The van der Waals surface area contributed by atoms with Gasteiger partial charge in [-0.2, -0.15) is 5.10 Å². The molecule has 3 rings (SSSR count). The normalized spacial score (nSPS) is 14.6. The molecule has 3 aromatic rings. The lowest BCUT2D eigenvalue weighted by atomic mass is 9.79. The molecular formula is C16H17F3N5O5P. The molecule has 10 nitrogen and oxygen atoms in total. The van der Waals surface area contributed by atoms with Crippen LogP contribution < -0.4 is 0 Å². The Bertz CT molecular complexity index is 1050. The van der Waals surface area contributed by atoms with Gasteiger partial charge in [-0.1, -0.05) is 13.0 Å². The summed E-state index contributed by atoms with van der Waals surface area (Å²) in [7, 11) is -5.28. The minimum absolute atomic E-state index is 0. The van der Waals surface area contributed by atoms with Crippen LogP contribution in [0.25, 0.3) is 0 Å². The van der Waals surface area contributed by atoms with Crippen LogP contribution in [-0.2, 0) is 21.2 Å². The smallest absolute Gasteiger partial charge is 0.412 e. The second-order valence-corrected chi connectivity index (χ2v) is 7.33. The quantitative estimate of drug-likeness (QED) is 0.516. The maximum atomic E-state index is 14.8. The molecule has 0 radical (unpaired) electrons. The SMILES string of the molecule is C[C@@H](c1ncncc1F)[C@@](Cn1cncn1)(OP(=O)(O)O)c1ccc(F)cc1F.O. The van der Waals surface area contributed by atoms with E-state index < -0.39 is 48.9 Å². The van der Waals surface area contributed by atoms with Crippen LogP contribution in [0.5, 0.6) is 0 Å². The highest BCUT2D eigenvalue weighted by atomic mass is 31.2. The van der Waals surface area contributed by atoms with Crippen molar-refractivity contribution in [1.29, 1.82) is 0 Å². The Balaban J connectivity index is 0.00000320. The number of nitrogens with zero attached hydrogens (tertiary/aromatic N) is 5. The Morgan fingerprint density at radius 1 is 1.20 bits per heavy atom. The molecular weight excluding hydrogens is 430 g/mol. The average Bonchev–Trinajstić information content (AvgIpc) is 3.12. The minimum atomic E-state index is -5.28. The second-order valence-electron chi connectivity index (χ2n) is 6.17. The number of phosphoric ester groups is 1. The number of hydrogen-bond donors (Lipinski definition) is 2. The first-order chi connectivity index (χ1) is 13.6. The molecule has 2 heterocycles. The first kappa shape index (κ1) is 23.6. The maximum Gasteiger partial charge on any atom is 0.470 e. The molecule has 2 atom stereocenters. The Labute approximate surface area is 168 Å². The van der Waals surface area contributed by atoms with Gasteiger partial charge in [0.15, 0.2) is 5.82 Å². The molecule has 0 saturated carbocycles. The highest BCUT2D eigenvalue weighted by Crippen LogP contribution is 2.52. The van der Waals surface area contributed by atoms with E-state index in [2.05, 4.69) is 20.1 Å². The second kappa shape index (κ2) is 8.98. The van der Waals surface area contributed by atoms with Crippen LogP contribution >= 0.6 is 7.82 Å². The van der Waals surface area contributed by atoms with E-state index in [0.717, 1.165) is 35.7 Å². The van der Waals surface area contributed by atoms with Gasteiger partial charge in [0, 0.05) is 17.5 Å². The summed E-state index contributed by atoms with van der Waals surface area (Å²) in [5, 5.41) is 3.85. The Kier molecular flexibility index (Phi) is 7.06. The molecule has 0 aliphatic heterocycles. The van der Waals surface area contributed by atoms with Crippen molar-refractivity contribution >= 4 is 7.82 Å².